The number of carbonyl (C=O) groups excluding carboxylic acids is 1. The number of piperidine rings is 1. The van der Waals surface area contributed by atoms with Crippen molar-refractivity contribution in [3.05, 3.63) is 17.7 Å². The summed E-state index contributed by atoms with van der Waals surface area (Å²) in [5.41, 5.74) is 1.26. The van der Waals surface area contributed by atoms with Crippen molar-refractivity contribution in [3.63, 3.8) is 0 Å². The Kier molecular flexibility index (Phi) is 5.11. The van der Waals surface area contributed by atoms with Crippen LogP contribution in [0.3, 0.4) is 0 Å². The van der Waals surface area contributed by atoms with Gasteiger partial charge < -0.3 is 19.3 Å². The highest BCUT2D eigenvalue weighted by Gasteiger charge is 2.28. The van der Waals surface area contributed by atoms with E-state index in [2.05, 4.69) is 9.55 Å². The number of rotatable bonds is 3. The topological polar surface area (TPSA) is 67.6 Å². The molecule has 6 nitrogen and oxygen atoms in total. The van der Waals surface area contributed by atoms with Crippen LogP contribution in [0.15, 0.2) is 6.33 Å². The summed E-state index contributed by atoms with van der Waals surface area (Å²) in [6, 6.07) is 0. The summed E-state index contributed by atoms with van der Waals surface area (Å²) in [5, 5.41) is 9.22. The normalized spacial score (nSPS) is 19.3. The SMILES string of the molecule is Cc1c(CO)ncn1C[C@@H]1CCCN(C(=O)OC(C)(C)C)C1. The molecular formula is C16H27N3O3. The van der Waals surface area contributed by atoms with Gasteiger partial charge in [0.2, 0.25) is 0 Å². The maximum atomic E-state index is 12.2. The van der Waals surface area contributed by atoms with Gasteiger partial charge >= 0.3 is 6.09 Å². The fourth-order valence-corrected chi connectivity index (χ4v) is 2.81. The molecule has 0 aliphatic carbocycles. The number of likely N-dealkylation sites (tertiary alicyclic amines) is 1. The van der Waals surface area contributed by atoms with Gasteiger partial charge in [0.25, 0.3) is 0 Å². The lowest BCUT2D eigenvalue weighted by atomic mass is 9.98. The van der Waals surface area contributed by atoms with Crippen molar-refractivity contribution in [2.75, 3.05) is 13.1 Å². The number of aliphatic hydroxyl groups excluding tert-OH is 1. The van der Waals surface area contributed by atoms with Crippen LogP contribution in [0.2, 0.25) is 0 Å². The molecule has 1 aromatic heterocycles. The maximum Gasteiger partial charge on any atom is 0.410 e. The minimum atomic E-state index is -0.457. The molecule has 0 saturated carbocycles. The number of aliphatic hydroxyl groups is 1. The molecular weight excluding hydrogens is 282 g/mol. The van der Waals surface area contributed by atoms with Crippen molar-refractivity contribution in [1.29, 1.82) is 0 Å². The van der Waals surface area contributed by atoms with Gasteiger partial charge in [0.05, 0.1) is 18.6 Å². The molecule has 0 radical (unpaired) electrons. The van der Waals surface area contributed by atoms with Crippen molar-refractivity contribution in [1.82, 2.24) is 14.5 Å². The van der Waals surface area contributed by atoms with Crippen LogP contribution >= 0.6 is 0 Å². The van der Waals surface area contributed by atoms with E-state index in [0.717, 1.165) is 37.3 Å². The summed E-state index contributed by atoms with van der Waals surface area (Å²) in [6.07, 6.45) is 3.62. The van der Waals surface area contributed by atoms with E-state index < -0.39 is 5.60 Å². The first-order valence-electron chi connectivity index (χ1n) is 7.89. The number of imidazole rings is 1. The molecule has 1 fully saturated rings. The van der Waals surface area contributed by atoms with E-state index in [1.807, 2.05) is 27.7 Å². The molecule has 0 unspecified atom stereocenters. The monoisotopic (exact) mass is 309 g/mol. The zero-order valence-corrected chi connectivity index (χ0v) is 14.0. The molecule has 1 aliphatic heterocycles. The smallest absolute Gasteiger partial charge is 0.410 e. The number of hydrogen-bond donors (Lipinski definition) is 1. The Morgan fingerprint density at radius 1 is 1.50 bits per heavy atom. The Balaban J connectivity index is 1.95. The third-order valence-corrected chi connectivity index (χ3v) is 3.98. The van der Waals surface area contributed by atoms with Gasteiger partial charge in [-0.25, -0.2) is 9.78 Å². The fourth-order valence-electron chi connectivity index (χ4n) is 2.81. The highest BCUT2D eigenvalue weighted by atomic mass is 16.6. The van der Waals surface area contributed by atoms with Crippen LogP contribution in [-0.2, 0) is 17.9 Å². The number of aromatic nitrogens is 2. The summed E-state index contributed by atoms with van der Waals surface area (Å²) < 4.78 is 7.52. The minimum Gasteiger partial charge on any atom is -0.444 e. The molecule has 1 amide bonds. The van der Waals surface area contributed by atoms with Crippen molar-refractivity contribution in [2.45, 2.75) is 59.3 Å². The molecule has 2 heterocycles. The molecule has 0 aromatic carbocycles. The van der Waals surface area contributed by atoms with Gasteiger partial charge in [-0.3, -0.25) is 0 Å². The van der Waals surface area contributed by atoms with Crippen LogP contribution in [0.4, 0.5) is 4.79 Å². The van der Waals surface area contributed by atoms with Crippen molar-refractivity contribution >= 4 is 6.09 Å². The average molecular weight is 309 g/mol. The number of hydrogen-bond acceptors (Lipinski definition) is 4. The van der Waals surface area contributed by atoms with Crippen LogP contribution in [0, 0.1) is 12.8 Å². The second kappa shape index (κ2) is 6.69. The molecule has 1 saturated heterocycles. The van der Waals surface area contributed by atoms with E-state index in [4.69, 9.17) is 4.74 Å². The predicted octanol–water partition coefficient (Wildman–Crippen LogP) is 2.33. The van der Waals surface area contributed by atoms with E-state index in [1.54, 1.807) is 11.2 Å². The van der Waals surface area contributed by atoms with Crippen molar-refractivity contribution < 1.29 is 14.6 Å². The summed E-state index contributed by atoms with van der Waals surface area (Å²) in [5.74, 6) is 0.390. The minimum absolute atomic E-state index is 0.0342. The fraction of sp³-hybridized carbons (Fsp3) is 0.750. The number of carbonyl (C=O) groups is 1. The Morgan fingerprint density at radius 2 is 2.23 bits per heavy atom. The van der Waals surface area contributed by atoms with Crippen LogP contribution in [0.1, 0.15) is 45.0 Å². The van der Waals surface area contributed by atoms with Crippen LogP contribution < -0.4 is 0 Å². The molecule has 0 spiro atoms. The zero-order valence-electron chi connectivity index (χ0n) is 14.0. The quantitative estimate of drug-likeness (QED) is 0.930. The molecule has 22 heavy (non-hydrogen) atoms. The van der Waals surface area contributed by atoms with Gasteiger partial charge in [0.1, 0.15) is 5.60 Å². The van der Waals surface area contributed by atoms with E-state index >= 15 is 0 Å². The Morgan fingerprint density at radius 3 is 2.82 bits per heavy atom. The van der Waals surface area contributed by atoms with Crippen molar-refractivity contribution in [2.24, 2.45) is 5.92 Å². The standard InChI is InChI=1S/C16H27N3O3/c1-12-14(10-20)17-11-19(12)9-13-6-5-7-18(8-13)15(21)22-16(2,3)4/h11,13,20H,5-10H2,1-4H3/t13-/m1/s1. The maximum absolute atomic E-state index is 12.2. The van der Waals surface area contributed by atoms with Crippen LogP contribution in [0.25, 0.3) is 0 Å². The summed E-state index contributed by atoms with van der Waals surface area (Å²) in [6.45, 7) is 9.88. The van der Waals surface area contributed by atoms with E-state index in [0.29, 0.717) is 12.5 Å². The average Bonchev–Trinajstić information content (AvgIpc) is 2.78. The Hall–Kier alpha value is -1.56. The van der Waals surface area contributed by atoms with Gasteiger partial charge in [-0.2, -0.15) is 0 Å². The van der Waals surface area contributed by atoms with E-state index in [9.17, 15) is 9.90 Å². The lowest BCUT2D eigenvalue weighted by Gasteiger charge is -2.34. The Bertz CT molecular complexity index is 519. The highest BCUT2D eigenvalue weighted by Crippen LogP contribution is 2.21. The van der Waals surface area contributed by atoms with Crippen molar-refractivity contribution in [3.8, 4) is 0 Å². The number of amides is 1. The molecule has 1 N–H and O–H groups in total. The molecule has 1 aliphatic rings. The van der Waals surface area contributed by atoms with Gasteiger partial charge in [-0.1, -0.05) is 0 Å². The van der Waals surface area contributed by atoms with Crippen LogP contribution in [-0.4, -0.2) is 44.3 Å². The first-order valence-corrected chi connectivity index (χ1v) is 7.89. The molecule has 1 atom stereocenters. The lowest BCUT2D eigenvalue weighted by molar-refractivity contribution is 0.0157. The van der Waals surface area contributed by atoms with Gasteiger partial charge in [0.15, 0.2) is 0 Å². The largest absolute Gasteiger partial charge is 0.444 e. The lowest BCUT2D eigenvalue weighted by Crippen LogP contribution is -2.43. The molecule has 0 bridgehead atoms. The predicted molar refractivity (Wildman–Crippen MR) is 83.4 cm³/mol. The highest BCUT2D eigenvalue weighted by molar-refractivity contribution is 5.68. The first-order chi connectivity index (χ1) is 10.3. The zero-order chi connectivity index (χ0) is 16.3. The summed E-state index contributed by atoms with van der Waals surface area (Å²) in [4.78, 5) is 18.2. The first kappa shape index (κ1) is 16.8. The van der Waals surface area contributed by atoms with Gasteiger partial charge in [0, 0.05) is 25.3 Å². The van der Waals surface area contributed by atoms with Gasteiger partial charge in [-0.05, 0) is 46.5 Å². The molecule has 124 valence electrons. The third kappa shape index (κ3) is 4.22. The van der Waals surface area contributed by atoms with E-state index in [-0.39, 0.29) is 12.7 Å². The Labute approximate surface area is 132 Å². The summed E-state index contributed by atoms with van der Waals surface area (Å²) >= 11 is 0. The molecule has 6 heteroatoms. The second-order valence-electron chi connectivity index (χ2n) is 7.02. The third-order valence-electron chi connectivity index (χ3n) is 3.98. The second-order valence-corrected chi connectivity index (χ2v) is 7.02. The molecule has 2 rings (SSSR count). The molecule has 1 aromatic rings. The van der Waals surface area contributed by atoms with Crippen LogP contribution in [0.5, 0.6) is 0 Å². The number of nitrogens with zero attached hydrogens (tertiary/aromatic N) is 3. The van der Waals surface area contributed by atoms with E-state index in [1.165, 1.54) is 0 Å². The van der Waals surface area contributed by atoms with Gasteiger partial charge in [-0.15, -0.1) is 0 Å². The summed E-state index contributed by atoms with van der Waals surface area (Å²) in [7, 11) is 0. The number of ether oxygens (including phenoxy) is 1.